The van der Waals surface area contributed by atoms with Gasteiger partial charge in [0.05, 0.1) is 7.11 Å². The lowest BCUT2D eigenvalue weighted by Crippen LogP contribution is -2.37. The van der Waals surface area contributed by atoms with E-state index in [0.717, 1.165) is 5.82 Å². The average molecular weight is 208 g/mol. The normalized spacial score (nSPS) is 15.9. The van der Waals surface area contributed by atoms with Gasteiger partial charge >= 0.3 is 0 Å². The summed E-state index contributed by atoms with van der Waals surface area (Å²) < 4.78 is 5.22. The van der Waals surface area contributed by atoms with E-state index >= 15 is 0 Å². The Morgan fingerprint density at radius 3 is 2.73 bits per heavy atom. The van der Waals surface area contributed by atoms with Crippen molar-refractivity contribution in [2.75, 3.05) is 24.8 Å². The molecule has 0 aromatic carbocycles. The molecule has 0 saturated heterocycles. The first-order valence-corrected chi connectivity index (χ1v) is 5.11. The van der Waals surface area contributed by atoms with Crippen molar-refractivity contribution >= 4 is 11.6 Å². The van der Waals surface area contributed by atoms with Crippen LogP contribution >= 0.6 is 0 Å². The van der Waals surface area contributed by atoms with Gasteiger partial charge in [0.25, 0.3) is 0 Å². The molecule has 1 aliphatic carbocycles. The van der Waals surface area contributed by atoms with E-state index in [1.807, 2.05) is 7.05 Å². The number of nitrogens with two attached hydrogens (primary N) is 1. The smallest absolute Gasteiger partial charge is 0.204 e. The monoisotopic (exact) mass is 208 g/mol. The van der Waals surface area contributed by atoms with E-state index in [-0.39, 0.29) is 0 Å². The molecule has 1 aromatic heterocycles. The van der Waals surface area contributed by atoms with Gasteiger partial charge in [0.15, 0.2) is 11.6 Å². The maximum absolute atomic E-state index is 5.73. The number of anilines is 2. The lowest BCUT2D eigenvalue weighted by Gasteiger charge is -2.36. The lowest BCUT2D eigenvalue weighted by atomic mass is 9.92. The molecule has 5 heteroatoms. The fourth-order valence-corrected chi connectivity index (χ4v) is 1.77. The summed E-state index contributed by atoms with van der Waals surface area (Å²) in [5, 5.41) is 0. The van der Waals surface area contributed by atoms with E-state index in [1.165, 1.54) is 25.6 Å². The Morgan fingerprint density at radius 2 is 2.20 bits per heavy atom. The van der Waals surface area contributed by atoms with Crippen LogP contribution in [0.15, 0.2) is 6.33 Å². The van der Waals surface area contributed by atoms with Crippen molar-refractivity contribution < 1.29 is 4.74 Å². The minimum Gasteiger partial charge on any atom is -0.490 e. The first-order valence-electron chi connectivity index (χ1n) is 5.11. The zero-order chi connectivity index (χ0) is 10.8. The topological polar surface area (TPSA) is 64.3 Å². The first-order chi connectivity index (χ1) is 7.24. The first kappa shape index (κ1) is 10.0. The minimum absolute atomic E-state index is 0.397. The van der Waals surface area contributed by atoms with Gasteiger partial charge < -0.3 is 15.4 Å². The number of nitrogens with zero attached hydrogens (tertiary/aromatic N) is 3. The second-order valence-electron chi connectivity index (χ2n) is 3.81. The summed E-state index contributed by atoms with van der Waals surface area (Å²) in [6.07, 6.45) is 5.19. The zero-order valence-electron chi connectivity index (χ0n) is 9.10. The van der Waals surface area contributed by atoms with E-state index in [9.17, 15) is 0 Å². The molecule has 15 heavy (non-hydrogen) atoms. The van der Waals surface area contributed by atoms with Crippen molar-refractivity contribution in [1.29, 1.82) is 0 Å². The molecule has 2 rings (SSSR count). The second kappa shape index (κ2) is 3.92. The third-order valence-corrected chi connectivity index (χ3v) is 2.97. The van der Waals surface area contributed by atoms with Gasteiger partial charge in [-0.25, -0.2) is 9.97 Å². The van der Waals surface area contributed by atoms with Gasteiger partial charge in [-0.15, -0.1) is 0 Å². The summed E-state index contributed by atoms with van der Waals surface area (Å²) >= 11 is 0. The fourth-order valence-electron chi connectivity index (χ4n) is 1.77. The van der Waals surface area contributed by atoms with Crippen molar-refractivity contribution in [3.8, 4) is 5.75 Å². The Kier molecular flexibility index (Phi) is 2.62. The molecule has 5 nitrogen and oxygen atoms in total. The maximum atomic E-state index is 5.73. The van der Waals surface area contributed by atoms with Gasteiger partial charge in [0, 0.05) is 13.1 Å². The highest BCUT2D eigenvalue weighted by molar-refractivity contribution is 5.62. The van der Waals surface area contributed by atoms with Crippen molar-refractivity contribution in [1.82, 2.24) is 9.97 Å². The van der Waals surface area contributed by atoms with Gasteiger partial charge in [0.1, 0.15) is 6.33 Å². The Hall–Kier alpha value is -1.52. The van der Waals surface area contributed by atoms with Crippen LogP contribution in [0.3, 0.4) is 0 Å². The van der Waals surface area contributed by atoms with Crippen LogP contribution < -0.4 is 15.4 Å². The molecule has 0 unspecified atom stereocenters. The van der Waals surface area contributed by atoms with Gasteiger partial charge in [-0.1, -0.05) is 0 Å². The molecule has 1 aromatic rings. The predicted molar refractivity (Wildman–Crippen MR) is 59.0 cm³/mol. The maximum Gasteiger partial charge on any atom is 0.204 e. The summed E-state index contributed by atoms with van der Waals surface area (Å²) in [7, 11) is 3.61. The molecule has 0 aliphatic heterocycles. The molecule has 0 spiro atoms. The van der Waals surface area contributed by atoms with E-state index in [1.54, 1.807) is 7.11 Å². The molecule has 82 valence electrons. The van der Waals surface area contributed by atoms with Crippen LogP contribution in [0.4, 0.5) is 11.6 Å². The summed E-state index contributed by atoms with van der Waals surface area (Å²) in [6, 6.07) is 0.563. The van der Waals surface area contributed by atoms with Crippen LogP contribution in [0, 0.1) is 0 Å². The van der Waals surface area contributed by atoms with E-state index in [2.05, 4.69) is 14.9 Å². The van der Waals surface area contributed by atoms with Crippen LogP contribution in [0.2, 0.25) is 0 Å². The van der Waals surface area contributed by atoms with Crippen LogP contribution in [0.1, 0.15) is 19.3 Å². The second-order valence-corrected chi connectivity index (χ2v) is 3.81. The number of nitrogen functional groups attached to an aromatic ring is 1. The van der Waals surface area contributed by atoms with Crippen LogP contribution in [0.5, 0.6) is 5.75 Å². The molecule has 1 heterocycles. The van der Waals surface area contributed by atoms with Crippen molar-refractivity contribution in [3.63, 3.8) is 0 Å². The number of hydrogen-bond acceptors (Lipinski definition) is 5. The highest BCUT2D eigenvalue weighted by Gasteiger charge is 2.25. The van der Waals surface area contributed by atoms with Crippen molar-refractivity contribution in [2.24, 2.45) is 0 Å². The zero-order valence-corrected chi connectivity index (χ0v) is 9.10. The van der Waals surface area contributed by atoms with Gasteiger partial charge in [-0.3, -0.25) is 0 Å². The quantitative estimate of drug-likeness (QED) is 0.804. The third-order valence-electron chi connectivity index (χ3n) is 2.97. The predicted octanol–water partition coefficient (Wildman–Crippen LogP) is 1.06. The standard InChI is InChI=1S/C10H16N4O/c1-14(7-4-3-5-7)10-8(15-2)9(11)12-6-13-10/h6-7H,3-5H2,1-2H3,(H2,11,12,13). The van der Waals surface area contributed by atoms with Gasteiger partial charge in [0.2, 0.25) is 5.75 Å². The Labute approximate surface area is 89.3 Å². The van der Waals surface area contributed by atoms with Crippen molar-refractivity contribution in [2.45, 2.75) is 25.3 Å². The largest absolute Gasteiger partial charge is 0.490 e. The molecule has 1 saturated carbocycles. The summed E-state index contributed by atoms with van der Waals surface area (Å²) in [6.45, 7) is 0. The third kappa shape index (κ3) is 1.69. The number of hydrogen-bond donors (Lipinski definition) is 1. The Balaban J connectivity index is 2.29. The van der Waals surface area contributed by atoms with Crippen LogP contribution in [-0.4, -0.2) is 30.2 Å². The number of aromatic nitrogens is 2. The highest BCUT2D eigenvalue weighted by atomic mass is 16.5. The Morgan fingerprint density at radius 1 is 1.47 bits per heavy atom. The molecule has 1 aliphatic rings. The minimum atomic E-state index is 0.397. The molecular formula is C10H16N4O. The van der Waals surface area contributed by atoms with Crippen molar-refractivity contribution in [3.05, 3.63) is 6.33 Å². The van der Waals surface area contributed by atoms with E-state index < -0.39 is 0 Å². The average Bonchev–Trinajstić information content (AvgIpc) is 2.14. The molecule has 0 atom stereocenters. The van der Waals surface area contributed by atoms with E-state index in [4.69, 9.17) is 10.5 Å². The molecular weight excluding hydrogens is 192 g/mol. The molecule has 0 bridgehead atoms. The van der Waals surface area contributed by atoms with Crippen LogP contribution in [0.25, 0.3) is 0 Å². The number of ether oxygens (including phenoxy) is 1. The molecule has 0 amide bonds. The Bertz CT molecular complexity index is 351. The fraction of sp³-hybridized carbons (Fsp3) is 0.600. The lowest BCUT2D eigenvalue weighted by molar-refractivity contribution is 0.383. The molecule has 2 N–H and O–H groups in total. The molecule has 1 fully saturated rings. The summed E-state index contributed by atoms with van der Waals surface area (Å²) in [5.41, 5.74) is 5.73. The number of methoxy groups -OCH3 is 1. The number of rotatable bonds is 3. The summed E-state index contributed by atoms with van der Waals surface area (Å²) in [4.78, 5) is 10.3. The SMILES string of the molecule is COc1c(N)ncnc1N(C)C1CCC1. The summed E-state index contributed by atoms with van der Waals surface area (Å²) in [5.74, 6) is 1.76. The van der Waals surface area contributed by atoms with E-state index in [0.29, 0.717) is 17.6 Å². The highest BCUT2D eigenvalue weighted by Crippen LogP contribution is 2.34. The van der Waals surface area contributed by atoms with Gasteiger partial charge in [-0.05, 0) is 19.3 Å². The van der Waals surface area contributed by atoms with Crippen LogP contribution in [-0.2, 0) is 0 Å². The molecule has 0 radical (unpaired) electrons. The van der Waals surface area contributed by atoms with Gasteiger partial charge in [-0.2, -0.15) is 0 Å².